The van der Waals surface area contributed by atoms with Crippen molar-refractivity contribution in [2.75, 3.05) is 12.9 Å². The van der Waals surface area contributed by atoms with Gasteiger partial charge in [0.25, 0.3) is 5.91 Å². The third-order valence-corrected chi connectivity index (χ3v) is 6.48. The van der Waals surface area contributed by atoms with E-state index >= 15 is 0 Å². The van der Waals surface area contributed by atoms with Gasteiger partial charge in [0, 0.05) is 16.1 Å². The van der Waals surface area contributed by atoms with Crippen molar-refractivity contribution in [2.45, 2.75) is 12.1 Å². The Labute approximate surface area is 194 Å². The molecule has 4 aromatic rings. The molecule has 2 aromatic heterocycles. The standard InChI is InChI=1S/C23H21N5O2S2/c1-16-12-13-31-20(16)14-24-25-21(29)15-32-23-27-26-22(17-8-10-19(30-2)11-9-17)28(23)18-6-4-3-5-7-18/h3-14H,15H2,1-2H3,(H,25,29)/b24-14+. The molecule has 0 fully saturated rings. The van der Waals surface area contributed by atoms with Gasteiger partial charge in [-0.15, -0.1) is 21.5 Å². The topological polar surface area (TPSA) is 81.4 Å². The summed E-state index contributed by atoms with van der Waals surface area (Å²) in [5.41, 5.74) is 5.51. The van der Waals surface area contributed by atoms with Crippen LogP contribution in [-0.2, 0) is 4.79 Å². The highest BCUT2D eigenvalue weighted by atomic mass is 32.2. The molecule has 2 aromatic carbocycles. The Bertz CT molecular complexity index is 1220. The Kier molecular flexibility index (Phi) is 6.98. The van der Waals surface area contributed by atoms with E-state index in [1.807, 2.05) is 77.5 Å². The first kappa shape index (κ1) is 21.8. The van der Waals surface area contributed by atoms with Gasteiger partial charge >= 0.3 is 0 Å². The smallest absolute Gasteiger partial charge is 0.250 e. The second kappa shape index (κ2) is 10.3. The van der Waals surface area contributed by atoms with Crippen LogP contribution in [0.2, 0.25) is 0 Å². The van der Waals surface area contributed by atoms with Crippen LogP contribution in [0.4, 0.5) is 0 Å². The number of nitrogens with zero attached hydrogens (tertiary/aromatic N) is 4. The number of hydrogen-bond acceptors (Lipinski definition) is 7. The first-order chi connectivity index (χ1) is 15.7. The van der Waals surface area contributed by atoms with E-state index in [9.17, 15) is 4.79 Å². The second-order valence-electron chi connectivity index (χ2n) is 6.76. The highest BCUT2D eigenvalue weighted by molar-refractivity contribution is 7.99. The monoisotopic (exact) mass is 463 g/mol. The first-order valence-electron chi connectivity index (χ1n) is 9.80. The van der Waals surface area contributed by atoms with E-state index in [2.05, 4.69) is 20.7 Å². The minimum Gasteiger partial charge on any atom is -0.497 e. The lowest BCUT2D eigenvalue weighted by Crippen LogP contribution is -2.20. The van der Waals surface area contributed by atoms with E-state index in [-0.39, 0.29) is 11.7 Å². The first-order valence-corrected chi connectivity index (χ1v) is 11.7. The molecule has 1 amide bonds. The van der Waals surface area contributed by atoms with Crippen LogP contribution in [-0.4, -0.2) is 39.7 Å². The van der Waals surface area contributed by atoms with Crippen LogP contribution in [0.5, 0.6) is 5.75 Å². The van der Waals surface area contributed by atoms with Gasteiger partial charge in [0.05, 0.1) is 19.1 Å². The molecule has 0 spiro atoms. The van der Waals surface area contributed by atoms with E-state index in [0.717, 1.165) is 27.4 Å². The van der Waals surface area contributed by atoms with Crippen LogP contribution in [0, 0.1) is 6.92 Å². The fraction of sp³-hybridized carbons (Fsp3) is 0.130. The van der Waals surface area contributed by atoms with Crippen molar-refractivity contribution in [1.82, 2.24) is 20.2 Å². The molecule has 0 aliphatic carbocycles. The van der Waals surface area contributed by atoms with Crippen LogP contribution in [0.3, 0.4) is 0 Å². The maximum atomic E-state index is 12.3. The third-order valence-electron chi connectivity index (χ3n) is 4.60. The number of para-hydroxylation sites is 1. The van der Waals surface area contributed by atoms with E-state index in [1.54, 1.807) is 24.7 Å². The second-order valence-corrected chi connectivity index (χ2v) is 8.65. The summed E-state index contributed by atoms with van der Waals surface area (Å²) in [6.45, 7) is 2.01. The van der Waals surface area contributed by atoms with Gasteiger partial charge in [0.1, 0.15) is 5.75 Å². The van der Waals surface area contributed by atoms with Crippen LogP contribution in [0.1, 0.15) is 10.4 Å². The van der Waals surface area contributed by atoms with Crippen LogP contribution in [0.25, 0.3) is 17.1 Å². The quantitative estimate of drug-likeness (QED) is 0.235. The van der Waals surface area contributed by atoms with Gasteiger partial charge in [-0.05, 0) is 60.3 Å². The molecule has 0 bridgehead atoms. The maximum absolute atomic E-state index is 12.3. The zero-order chi connectivity index (χ0) is 22.3. The summed E-state index contributed by atoms with van der Waals surface area (Å²) in [4.78, 5) is 13.3. The molecule has 0 saturated heterocycles. The molecule has 162 valence electrons. The van der Waals surface area contributed by atoms with Gasteiger partial charge in [-0.1, -0.05) is 30.0 Å². The number of amides is 1. The molecule has 32 heavy (non-hydrogen) atoms. The Morgan fingerprint density at radius 2 is 1.94 bits per heavy atom. The molecule has 9 heteroatoms. The number of benzene rings is 2. The summed E-state index contributed by atoms with van der Waals surface area (Å²) in [6.07, 6.45) is 1.66. The minimum atomic E-state index is -0.214. The van der Waals surface area contributed by atoms with Crippen LogP contribution in [0.15, 0.2) is 76.3 Å². The molecule has 2 heterocycles. The van der Waals surface area contributed by atoms with Crippen LogP contribution < -0.4 is 10.2 Å². The highest BCUT2D eigenvalue weighted by Crippen LogP contribution is 2.28. The molecule has 0 radical (unpaired) electrons. The number of rotatable bonds is 8. The van der Waals surface area contributed by atoms with Crippen molar-refractivity contribution in [3.63, 3.8) is 0 Å². The molecule has 0 aliphatic rings. The lowest BCUT2D eigenvalue weighted by Gasteiger charge is -2.10. The number of carbonyl (C=O) groups is 1. The van der Waals surface area contributed by atoms with Gasteiger partial charge in [-0.25, -0.2) is 5.43 Å². The molecule has 1 N–H and O–H groups in total. The molecular formula is C23H21N5O2S2. The largest absolute Gasteiger partial charge is 0.497 e. The van der Waals surface area contributed by atoms with Crippen LogP contribution >= 0.6 is 23.1 Å². The number of hydrazone groups is 1. The van der Waals surface area contributed by atoms with Gasteiger partial charge < -0.3 is 4.74 Å². The summed E-state index contributed by atoms with van der Waals surface area (Å²) in [7, 11) is 1.63. The van der Waals surface area contributed by atoms with Crippen molar-refractivity contribution in [3.8, 4) is 22.8 Å². The molecule has 0 atom stereocenters. The van der Waals surface area contributed by atoms with E-state index in [1.165, 1.54) is 11.8 Å². The Morgan fingerprint density at radius 1 is 1.16 bits per heavy atom. The number of thioether (sulfide) groups is 1. The molecule has 0 unspecified atom stereocenters. The molecule has 4 rings (SSSR count). The predicted molar refractivity (Wildman–Crippen MR) is 129 cm³/mol. The zero-order valence-corrected chi connectivity index (χ0v) is 19.2. The number of aromatic nitrogens is 3. The van der Waals surface area contributed by atoms with Gasteiger partial charge in [-0.2, -0.15) is 5.10 Å². The summed E-state index contributed by atoms with van der Waals surface area (Å²) >= 11 is 2.88. The Balaban J connectivity index is 1.52. The number of nitrogens with one attached hydrogen (secondary N) is 1. The van der Waals surface area contributed by atoms with Crippen molar-refractivity contribution in [2.24, 2.45) is 5.10 Å². The van der Waals surface area contributed by atoms with Gasteiger partial charge in [0.2, 0.25) is 0 Å². The van der Waals surface area contributed by atoms with E-state index in [0.29, 0.717) is 11.0 Å². The minimum absolute atomic E-state index is 0.161. The van der Waals surface area contributed by atoms with Gasteiger partial charge in [0.15, 0.2) is 11.0 Å². The Hall–Kier alpha value is -3.43. The number of aryl methyl sites for hydroxylation is 1. The fourth-order valence-electron chi connectivity index (χ4n) is 2.94. The van der Waals surface area contributed by atoms with Crippen molar-refractivity contribution in [1.29, 1.82) is 0 Å². The van der Waals surface area contributed by atoms with Gasteiger partial charge in [-0.3, -0.25) is 9.36 Å². The predicted octanol–water partition coefficient (Wildman–Crippen LogP) is 4.56. The highest BCUT2D eigenvalue weighted by Gasteiger charge is 2.17. The molecule has 0 aliphatic heterocycles. The summed E-state index contributed by atoms with van der Waals surface area (Å²) in [5, 5.41) is 15.4. The number of ether oxygens (including phenoxy) is 1. The molecule has 7 nitrogen and oxygen atoms in total. The average Bonchev–Trinajstić information content (AvgIpc) is 3.44. The number of thiophene rings is 1. The number of carbonyl (C=O) groups excluding carboxylic acids is 1. The normalized spacial score (nSPS) is 11.1. The van der Waals surface area contributed by atoms with Crippen molar-refractivity contribution >= 4 is 35.2 Å². The average molecular weight is 464 g/mol. The fourth-order valence-corrected chi connectivity index (χ4v) is 4.47. The maximum Gasteiger partial charge on any atom is 0.250 e. The lowest BCUT2D eigenvalue weighted by molar-refractivity contribution is -0.118. The van der Waals surface area contributed by atoms with E-state index < -0.39 is 0 Å². The summed E-state index contributed by atoms with van der Waals surface area (Å²) in [5.74, 6) is 1.40. The zero-order valence-electron chi connectivity index (χ0n) is 17.6. The Morgan fingerprint density at radius 3 is 2.62 bits per heavy atom. The van der Waals surface area contributed by atoms with E-state index in [4.69, 9.17) is 4.74 Å². The summed E-state index contributed by atoms with van der Waals surface area (Å²) in [6, 6.07) is 19.5. The lowest BCUT2D eigenvalue weighted by atomic mass is 10.2. The van der Waals surface area contributed by atoms with Crippen molar-refractivity contribution in [3.05, 3.63) is 76.5 Å². The molecule has 0 saturated carbocycles. The third kappa shape index (κ3) is 5.06. The SMILES string of the molecule is COc1ccc(-c2nnc(SCC(=O)N/N=C/c3sccc3C)n2-c2ccccc2)cc1. The number of methoxy groups -OCH3 is 1. The number of hydrogen-bond donors (Lipinski definition) is 1. The summed E-state index contributed by atoms with van der Waals surface area (Å²) < 4.78 is 7.19. The van der Waals surface area contributed by atoms with Crippen molar-refractivity contribution < 1.29 is 9.53 Å². The molecular weight excluding hydrogens is 442 g/mol.